The van der Waals surface area contributed by atoms with Crippen molar-refractivity contribution in [1.29, 1.82) is 0 Å². The van der Waals surface area contributed by atoms with Gasteiger partial charge in [0, 0.05) is 24.2 Å². The Labute approximate surface area is 172 Å². The summed E-state index contributed by atoms with van der Waals surface area (Å²) >= 11 is 0. The molecule has 0 saturated heterocycles. The SMILES string of the molecule is CNc1nc(Nc2ccc(C3CCCC3)cc2)nc2c1CCC2c1ccccc1. The molecule has 4 nitrogen and oxygen atoms in total. The third-order valence-corrected chi connectivity index (χ3v) is 6.48. The second-order valence-electron chi connectivity index (χ2n) is 8.24. The van der Waals surface area contributed by atoms with Crippen LogP contribution in [0, 0.1) is 0 Å². The van der Waals surface area contributed by atoms with Gasteiger partial charge in [-0.15, -0.1) is 0 Å². The molecular weight excluding hydrogens is 356 g/mol. The molecule has 0 spiro atoms. The number of benzene rings is 2. The highest BCUT2D eigenvalue weighted by molar-refractivity contribution is 5.60. The van der Waals surface area contributed by atoms with Crippen LogP contribution in [0.5, 0.6) is 0 Å². The third kappa shape index (κ3) is 3.59. The maximum Gasteiger partial charge on any atom is 0.229 e. The zero-order valence-electron chi connectivity index (χ0n) is 17.0. The topological polar surface area (TPSA) is 49.8 Å². The fourth-order valence-corrected chi connectivity index (χ4v) is 4.96. The summed E-state index contributed by atoms with van der Waals surface area (Å²) in [5.74, 6) is 2.69. The summed E-state index contributed by atoms with van der Waals surface area (Å²) in [6.45, 7) is 0. The van der Waals surface area contributed by atoms with Gasteiger partial charge in [-0.2, -0.15) is 4.98 Å². The molecule has 1 atom stereocenters. The molecule has 1 fully saturated rings. The van der Waals surface area contributed by atoms with E-state index in [-0.39, 0.29) is 0 Å². The van der Waals surface area contributed by atoms with E-state index in [4.69, 9.17) is 9.97 Å². The van der Waals surface area contributed by atoms with E-state index in [1.165, 1.54) is 42.4 Å². The Morgan fingerprint density at radius 2 is 1.59 bits per heavy atom. The molecule has 2 aliphatic carbocycles. The smallest absolute Gasteiger partial charge is 0.229 e. The molecule has 2 aliphatic rings. The first-order valence-corrected chi connectivity index (χ1v) is 10.8. The maximum atomic E-state index is 4.95. The molecule has 29 heavy (non-hydrogen) atoms. The number of rotatable bonds is 5. The second-order valence-corrected chi connectivity index (χ2v) is 8.24. The highest BCUT2D eigenvalue weighted by atomic mass is 15.1. The van der Waals surface area contributed by atoms with Crippen LogP contribution in [-0.4, -0.2) is 17.0 Å². The summed E-state index contributed by atoms with van der Waals surface area (Å²) in [5.41, 5.74) is 6.24. The Hall–Kier alpha value is -2.88. The molecule has 2 N–H and O–H groups in total. The Balaban J connectivity index is 1.42. The molecule has 1 aromatic heterocycles. The van der Waals surface area contributed by atoms with Gasteiger partial charge in [-0.25, -0.2) is 4.98 Å². The van der Waals surface area contributed by atoms with Gasteiger partial charge in [-0.05, 0) is 54.9 Å². The molecular formula is C25H28N4. The van der Waals surface area contributed by atoms with Gasteiger partial charge in [0.25, 0.3) is 0 Å². The van der Waals surface area contributed by atoms with Gasteiger partial charge in [-0.1, -0.05) is 55.3 Å². The van der Waals surface area contributed by atoms with Crippen LogP contribution >= 0.6 is 0 Å². The molecule has 0 aliphatic heterocycles. The van der Waals surface area contributed by atoms with Crippen LogP contribution in [0.3, 0.4) is 0 Å². The predicted molar refractivity (Wildman–Crippen MR) is 119 cm³/mol. The van der Waals surface area contributed by atoms with Gasteiger partial charge in [0.2, 0.25) is 5.95 Å². The van der Waals surface area contributed by atoms with Crippen molar-refractivity contribution in [2.45, 2.75) is 50.4 Å². The average Bonchev–Trinajstić information content (AvgIpc) is 3.45. The Morgan fingerprint density at radius 3 is 2.31 bits per heavy atom. The van der Waals surface area contributed by atoms with Crippen LogP contribution in [0.15, 0.2) is 54.6 Å². The monoisotopic (exact) mass is 384 g/mol. The highest BCUT2D eigenvalue weighted by Gasteiger charge is 2.29. The minimum absolute atomic E-state index is 0.339. The first-order chi connectivity index (χ1) is 14.3. The van der Waals surface area contributed by atoms with Crippen molar-refractivity contribution < 1.29 is 0 Å². The maximum absolute atomic E-state index is 4.95. The summed E-state index contributed by atoms with van der Waals surface area (Å²) in [5, 5.41) is 6.72. The van der Waals surface area contributed by atoms with Crippen LogP contribution in [0.25, 0.3) is 0 Å². The Bertz CT molecular complexity index is 976. The number of aromatic nitrogens is 2. The minimum Gasteiger partial charge on any atom is -0.373 e. The number of hydrogen-bond donors (Lipinski definition) is 2. The molecule has 2 aromatic carbocycles. The highest BCUT2D eigenvalue weighted by Crippen LogP contribution is 2.40. The van der Waals surface area contributed by atoms with E-state index in [2.05, 4.69) is 65.2 Å². The van der Waals surface area contributed by atoms with E-state index in [0.717, 1.165) is 36.0 Å². The van der Waals surface area contributed by atoms with E-state index < -0.39 is 0 Å². The lowest BCUT2D eigenvalue weighted by atomic mass is 9.97. The van der Waals surface area contributed by atoms with Gasteiger partial charge in [-0.3, -0.25) is 0 Å². The number of hydrogen-bond acceptors (Lipinski definition) is 4. The second kappa shape index (κ2) is 7.86. The van der Waals surface area contributed by atoms with Gasteiger partial charge in [0.15, 0.2) is 0 Å². The fraction of sp³-hybridized carbons (Fsp3) is 0.360. The normalized spacial score (nSPS) is 18.6. The quantitative estimate of drug-likeness (QED) is 0.567. The van der Waals surface area contributed by atoms with Crippen molar-refractivity contribution in [3.63, 3.8) is 0 Å². The van der Waals surface area contributed by atoms with Crippen LogP contribution in [0.2, 0.25) is 0 Å². The summed E-state index contributed by atoms with van der Waals surface area (Å²) in [6.07, 6.45) is 7.48. The van der Waals surface area contributed by atoms with E-state index in [1.54, 1.807) is 0 Å². The number of nitrogens with zero attached hydrogens (tertiary/aromatic N) is 2. The van der Waals surface area contributed by atoms with E-state index in [1.807, 2.05) is 7.05 Å². The van der Waals surface area contributed by atoms with Crippen LogP contribution in [0.4, 0.5) is 17.5 Å². The van der Waals surface area contributed by atoms with Crippen molar-refractivity contribution in [2.24, 2.45) is 0 Å². The molecule has 0 radical (unpaired) electrons. The van der Waals surface area contributed by atoms with E-state index >= 15 is 0 Å². The van der Waals surface area contributed by atoms with Crippen molar-refractivity contribution in [3.8, 4) is 0 Å². The summed E-state index contributed by atoms with van der Waals surface area (Å²) in [6, 6.07) is 19.5. The zero-order chi connectivity index (χ0) is 19.6. The molecule has 1 saturated carbocycles. The Morgan fingerprint density at radius 1 is 0.828 bits per heavy atom. The zero-order valence-corrected chi connectivity index (χ0v) is 17.0. The van der Waals surface area contributed by atoms with Gasteiger partial charge >= 0.3 is 0 Å². The average molecular weight is 385 g/mol. The summed E-state index contributed by atoms with van der Waals surface area (Å²) in [7, 11) is 1.94. The summed E-state index contributed by atoms with van der Waals surface area (Å²) in [4.78, 5) is 9.71. The molecule has 1 heterocycles. The van der Waals surface area contributed by atoms with Gasteiger partial charge in [0.05, 0.1) is 5.69 Å². The molecule has 0 amide bonds. The molecule has 4 heteroatoms. The molecule has 3 aromatic rings. The number of fused-ring (bicyclic) bond motifs is 1. The van der Waals surface area contributed by atoms with Crippen LogP contribution in [0.1, 0.15) is 66.3 Å². The van der Waals surface area contributed by atoms with E-state index in [0.29, 0.717) is 11.9 Å². The lowest BCUT2D eigenvalue weighted by molar-refractivity contribution is 0.723. The van der Waals surface area contributed by atoms with E-state index in [9.17, 15) is 0 Å². The fourth-order valence-electron chi connectivity index (χ4n) is 4.96. The first kappa shape index (κ1) is 18.2. The lowest BCUT2D eigenvalue weighted by Gasteiger charge is -2.15. The lowest BCUT2D eigenvalue weighted by Crippen LogP contribution is -2.08. The molecule has 5 rings (SSSR count). The molecule has 1 unspecified atom stereocenters. The predicted octanol–water partition coefficient (Wildman–Crippen LogP) is 6.00. The van der Waals surface area contributed by atoms with Crippen LogP contribution < -0.4 is 10.6 Å². The molecule has 0 bridgehead atoms. The summed E-state index contributed by atoms with van der Waals surface area (Å²) < 4.78 is 0. The standard InChI is InChI=1S/C25H28N4/c1-26-24-22-16-15-21(19-9-3-2-4-10-19)23(22)28-25(29-24)27-20-13-11-18(12-14-20)17-7-5-6-8-17/h2-4,9-14,17,21H,5-8,15-16H2,1H3,(H2,26,27,28,29). The third-order valence-electron chi connectivity index (χ3n) is 6.48. The van der Waals surface area contributed by atoms with Crippen molar-refractivity contribution in [3.05, 3.63) is 77.0 Å². The largest absolute Gasteiger partial charge is 0.373 e. The van der Waals surface area contributed by atoms with Crippen LogP contribution in [-0.2, 0) is 6.42 Å². The first-order valence-electron chi connectivity index (χ1n) is 10.8. The van der Waals surface area contributed by atoms with Crippen molar-refractivity contribution in [1.82, 2.24) is 9.97 Å². The number of anilines is 3. The van der Waals surface area contributed by atoms with Crippen molar-refractivity contribution >= 4 is 17.5 Å². The van der Waals surface area contributed by atoms with Crippen molar-refractivity contribution in [2.75, 3.05) is 17.7 Å². The molecule has 148 valence electrons. The van der Waals surface area contributed by atoms with Gasteiger partial charge < -0.3 is 10.6 Å². The Kier molecular flexibility index (Phi) is 4.92. The minimum atomic E-state index is 0.339. The number of nitrogens with one attached hydrogen (secondary N) is 2. The van der Waals surface area contributed by atoms with Gasteiger partial charge in [0.1, 0.15) is 5.82 Å².